The van der Waals surface area contributed by atoms with E-state index in [-0.39, 0.29) is 6.10 Å². The van der Waals surface area contributed by atoms with E-state index in [9.17, 15) is 5.11 Å². The van der Waals surface area contributed by atoms with Crippen LogP contribution in [0.1, 0.15) is 50.2 Å². The van der Waals surface area contributed by atoms with Gasteiger partial charge in [0.05, 0.1) is 12.3 Å². The summed E-state index contributed by atoms with van der Waals surface area (Å²) in [5.74, 6) is 0. The van der Waals surface area contributed by atoms with Crippen molar-refractivity contribution in [3.8, 4) is 0 Å². The Bertz CT molecular complexity index is 363. The lowest BCUT2D eigenvalue weighted by Gasteiger charge is -2.10. The van der Waals surface area contributed by atoms with Crippen molar-refractivity contribution in [1.29, 1.82) is 0 Å². The fraction of sp³-hybridized carbons (Fsp3) is 0.533. The molecule has 3 nitrogen and oxygen atoms in total. The zero-order chi connectivity index (χ0) is 13.2. The second-order valence-electron chi connectivity index (χ2n) is 4.70. The number of aliphatic hydroxyl groups excluding tert-OH is 1. The molecule has 0 saturated heterocycles. The SMILES string of the molecule is CCCCCCC(O)Cc1cccc(C=NO)c1. The molecule has 0 fully saturated rings. The number of unbranched alkanes of at least 4 members (excludes halogenated alkanes) is 3. The fourth-order valence-corrected chi connectivity index (χ4v) is 2.05. The largest absolute Gasteiger partial charge is 0.411 e. The first-order chi connectivity index (χ1) is 8.76. The van der Waals surface area contributed by atoms with Crippen molar-refractivity contribution in [1.82, 2.24) is 0 Å². The Morgan fingerprint density at radius 2 is 2.11 bits per heavy atom. The van der Waals surface area contributed by atoms with Gasteiger partial charge >= 0.3 is 0 Å². The smallest absolute Gasteiger partial charge is 0.0733 e. The molecule has 0 amide bonds. The molecule has 0 spiro atoms. The van der Waals surface area contributed by atoms with Crippen molar-refractivity contribution in [2.24, 2.45) is 5.16 Å². The molecule has 0 bridgehead atoms. The van der Waals surface area contributed by atoms with Gasteiger partial charge in [-0.15, -0.1) is 0 Å². The predicted octanol–water partition coefficient (Wildman–Crippen LogP) is 3.37. The average molecular weight is 249 g/mol. The van der Waals surface area contributed by atoms with E-state index in [1.807, 2.05) is 24.3 Å². The summed E-state index contributed by atoms with van der Waals surface area (Å²) >= 11 is 0. The van der Waals surface area contributed by atoms with Crippen molar-refractivity contribution >= 4 is 6.21 Å². The van der Waals surface area contributed by atoms with Crippen LogP contribution in [-0.2, 0) is 6.42 Å². The van der Waals surface area contributed by atoms with Gasteiger partial charge in [-0.3, -0.25) is 0 Å². The number of rotatable bonds is 8. The van der Waals surface area contributed by atoms with Crippen molar-refractivity contribution < 1.29 is 10.3 Å². The third-order valence-corrected chi connectivity index (χ3v) is 3.02. The number of nitrogens with zero attached hydrogens (tertiary/aromatic N) is 1. The fourth-order valence-electron chi connectivity index (χ4n) is 2.05. The summed E-state index contributed by atoms with van der Waals surface area (Å²) < 4.78 is 0. The summed E-state index contributed by atoms with van der Waals surface area (Å²) in [6.45, 7) is 2.19. The van der Waals surface area contributed by atoms with Crippen LogP contribution in [0.3, 0.4) is 0 Å². The van der Waals surface area contributed by atoms with E-state index in [0.29, 0.717) is 6.42 Å². The van der Waals surface area contributed by atoms with E-state index in [1.165, 1.54) is 25.5 Å². The first-order valence-electron chi connectivity index (χ1n) is 6.70. The van der Waals surface area contributed by atoms with Crippen LogP contribution in [-0.4, -0.2) is 22.6 Å². The number of hydrogen-bond acceptors (Lipinski definition) is 3. The van der Waals surface area contributed by atoms with Crippen LogP contribution < -0.4 is 0 Å². The molecule has 0 heterocycles. The Morgan fingerprint density at radius 3 is 2.83 bits per heavy atom. The lowest BCUT2D eigenvalue weighted by molar-refractivity contribution is 0.161. The predicted molar refractivity (Wildman–Crippen MR) is 74.3 cm³/mol. The normalized spacial score (nSPS) is 13.0. The minimum absolute atomic E-state index is 0.275. The van der Waals surface area contributed by atoms with E-state index >= 15 is 0 Å². The lowest BCUT2D eigenvalue weighted by atomic mass is 10.0. The highest BCUT2D eigenvalue weighted by molar-refractivity contribution is 5.79. The summed E-state index contributed by atoms with van der Waals surface area (Å²) in [7, 11) is 0. The Labute approximate surface area is 109 Å². The Morgan fingerprint density at radius 1 is 1.28 bits per heavy atom. The van der Waals surface area contributed by atoms with E-state index in [2.05, 4.69) is 12.1 Å². The number of hydrogen-bond donors (Lipinski definition) is 2. The van der Waals surface area contributed by atoms with Gasteiger partial charge in [0.1, 0.15) is 0 Å². The summed E-state index contributed by atoms with van der Waals surface area (Å²) in [4.78, 5) is 0. The van der Waals surface area contributed by atoms with Crippen LogP contribution in [0.2, 0.25) is 0 Å². The van der Waals surface area contributed by atoms with Gasteiger partial charge in [-0.05, 0) is 30.0 Å². The topological polar surface area (TPSA) is 52.8 Å². The molecule has 1 aromatic carbocycles. The van der Waals surface area contributed by atoms with Crippen LogP contribution in [0.15, 0.2) is 29.4 Å². The zero-order valence-electron chi connectivity index (χ0n) is 11.0. The summed E-state index contributed by atoms with van der Waals surface area (Å²) in [6, 6.07) is 7.71. The van der Waals surface area contributed by atoms with Crippen LogP contribution in [0.4, 0.5) is 0 Å². The molecule has 3 heteroatoms. The molecular formula is C15H23NO2. The molecule has 1 atom stereocenters. The van der Waals surface area contributed by atoms with Gasteiger partial charge in [0.2, 0.25) is 0 Å². The van der Waals surface area contributed by atoms with Gasteiger partial charge in [-0.2, -0.15) is 0 Å². The lowest BCUT2D eigenvalue weighted by Crippen LogP contribution is -2.10. The highest BCUT2D eigenvalue weighted by atomic mass is 16.4. The quantitative estimate of drug-likeness (QED) is 0.321. The van der Waals surface area contributed by atoms with Gasteiger partial charge in [0.25, 0.3) is 0 Å². The molecule has 0 aromatic heterocycles. The second-order valence-corrected chi connectivity index (χ2v) is 4.70. The number of aliphatic hydroxyl groups is 1. The molecule has 100 valence electrons. The molecule has 1 aromatic rings. The maximum Gasteiger partial charge on any atom is 0.0733 e. The standard InChI is InChI=1S/C15H23NO2/c1-2-3-4-5-9-15(17)11-13-7-6-8-14(10-13)12-16-18/h6-8,10,12,15,17-18H,2-5,9,11H2,1H3. The molecule has 0 radical (unpaired) electrons. The molecule has 0 aliphatic rings. The molecular weight excluding hydrogens is 226 g/mol. The average Bonchev–Trinajstić information content (AvgIpc) is 2.35. The van der Waals surface area contributed by atoms with Crippen molar-refractivity contribution in [3.63, 3.8) is 0 Å². The first-order valence-corrected chi connectivity index (χ1v) is 6.70. The third kappa shape index (κ3) is 5.82. The highest BCUT2D eigenvalue weighted by Gasteiger charge is 2.05. The van der Waals surface area contributed by atoms with Crippen LogP contribution in [0.25, 0.3) is 0 Å². The van der Waals surface area contributed by atoms with Crippen molar-refractivity contribution in [2.75, 3.05) is 0 Å². The second kappa shape index (κ2) is 8.70. The Hall–Kier alpha value is -1.35. The number of oxime groups is 1. The van der Waals surface area contributed by atoms with Gasteiger partial charge in [-0.1, -0.05) is 56.0 Å². The third-order valence-electron chi connectivity index (χ3n) is 3.02. The molecule has 0 aliphatic heterocycles. The minimum Gasteiger partial charge on any atom is -0.411 e. The minimum atomic E-state index is -0.275. The Kier molecular flexibility index (Phi) is 7.11. The van der Waals surface area contributed by atoms with Gasteiger partial charge in [0, 0.05) is 0 Å². The van der Waals surface area contributed by atoms with E-state index < -0.39 is 0 Å². The summed E-state index contributed by atoms with van der Waals surface area (Å²) in [6.07, 6.45) is 7.41. The first kappa shape index (κ1) is 14.7. The molecule has 18 heavy (non-hydrogen) atoms. The van der Waals surface area contributed by atoms with Crippen LogP contribution in [0, 0.1) is 0 Å². The van der Waals surface area contributed by atoms with Crippen molar-refractivity contribution in [3.05, 3.63) is 35.4 Å². The summed E-state index contributed by atoms with van der Waals surface area (Å²) in [5, 5.41) is 21.4. The maximum absolute atomic E-state index is 9.94. The zero-order valence-corrected chi connectivity index (χ0v) is 11.0. The molecule has 0 aliphatic carbocycles. The molecule has 1 rings (SSSR count). The van der Waals surface area contributed by atoms with E-state index in [1.54, 1.807) is 0 Å². The van der Waals surface area contributed by atoms with Crippen LogP contribution >= 0.6 is 0 Å². The van der Waals surface area contributed by atoms with Gasteiger partial charge in [-0.25, -0.2) is 0 Å². The summed E-state index contributed by atoms with van der Waals surface area (Å²) in [5.41, 5.74) is 1.93. The maximum atomic E-state index is 9.94. The highest BCUT2D eigenvalue weighted by Crippen LogP contribution is 2.11. The molecule has 2 N–H and O–H groups in total. The van der Waals surface area contributed by atoms with Crippen LogP contribution in [0.5, 0.6) is 0 Å². The van der Waals surface area contributed by atoms with Gasteiger partial charge in [0.15, 0.2) is 0 Å². The van der Waals surface area contributed by atoms with E-state index in [0.717, 1.165) is 24.0 Å². The molecule has 0 saturated carbocycles. The Balaban J connectivity index is 2.38. The molecule has 1 unspecified atom stereocenters. The van der Waals surface area contributed by atoms with Crippen molar-refractivity contribution in [2.45, 2.75) is 51.6 Å². The van der Waals surface area contributed by atoms with E-state index in [4.69, 9.17) is 5.21 Å². The monoisotopic (exact) mass is 249 g/mol. The van der Waals surface area contributed by atoms with Gasteiger partial charge < -0.3 is 10.3 Å². The number of benzene rings is 1.